The molecule has 2 fully saturated rings. The molecule has 2 heterocycles. The van der Waals surface area contributed by atoms with Crippen molar-refractivity contribution in [3.63, 3.8) is 0 Å². The first-order valence-corrected chi connectivity index (χ1v) is 13.8. The molecule has 206 valence electrons. The zero-order chi connectivity index (χ0) is 27.2. The molecule has 0 saturated carbocycles. The van der Waals surface area contributed by atoms with Crippen LogP contribution in [-0.2, 0) is 14.4 Å². The standard InChI is InChI=1S/C28H50N4O4/c1-18(2)24(17-21(7)27(35)31-15-12-22(33)13-16-31)30(8)28(36)25(19(3)4)29-26(34)23-11-9-10-14-32(23)20(5)6/h17-20,22-25,33H,9-16H2,1-8H3,(H,29,34)/t23?,24-,25+/m1/s1. The Morgan fingerprint density at radius 1 is 0.944 bits per heavy atom. The van der Waals surface area contributed by atoms with Crippen LogP contribution in [0.1, 0.15) is 80.6 Å². The van der Waals surface area contributed by atoms with Crippen LogP contribution >= 0.6 is 0 Å². The maximum Gasteiger partial charge on any atom is 0.249 e. The number of hydrogen-bond donors (Lipinski definition) is 2. The van der Waals surface area contributed by atoms with Crippen LogP contribution in [-0.4, -0.2) is 94.5 Å². The van der Waals surface area contributed by atoms with Gasteiger partial charge in [0.2, 0.25) is 17.7 Å². The minimum absolute atomic E-state index is 0.0480. The van der Waals surface area contributed by atoms with Crippen molar-refractivity contribution in [3.8, 4) is 0 Å². The van der Waals surface area contributed by atoms with Crippen LogP contribution < -0.4 is 5.32 Å². The van der Waals surface area contributed by atoms with Crippen LogP contribution in [0.3, 0.4) is 0 Å². The monoisotopic (exact) mass is 506 g/mol. The van der Waals surface area contributed by atoms with Crippen molar-refractivity contribution in [3.05, 3.63) is 11.6 Å². The van der Waals surface area contributed by atoms with Crippen LogP contribution in [0.5, 0.6) is 0 Å². The Hall–Kier alpha value is -1.93. The molecule has 0 spiro atoms. The van der Waals surface area contributed by atoms with E-state index in [1.807, 2.05) is 33.8 Å². The van der Waals surface area contributed by atoms with Crippen molar-refractivity contribution in [2.24, 2.45) is 11.8 Å². The molecule has 0 aromatic heterocycles. The van der Waals surface area contributed by atoms with Crippen molar-refractivity contribution < 1.29 is 19.5 Å². The smallest absolute Gasteiger partial charge is 0.249 e. The molecule has 8 nitrogen and oxygen atoms in total. The van der Waals surface area contributed by atoms with Gasteiger partial charge in [-0.3, -0.25) is 19.3 Å². The molecule has 3 amide bonds. The van der Waals surface area contributed by atoms with E-state index in [9.17, 15) is 19.5 Å². The zero-order valence-corrected chi connectivity index (χ0v) is 23.8. The van der Waals surface area contributed by atoms with E-state index < -0.39 is 6.04 Å². The van der Waals surface area contributed by atoms with Gasteiger partial charge in [-0.15, -0.1) is 0 Å². The summed E-state index contributed by atoms with van der Waals surface area (Å²) in [7, 11) is 1.76. The molecule has 1 unspecified atom stereocenters. The number of nitrogens with zero attached hydrogens (tertiary/aromatic N) is 3. The molecule has 2 aliphatic heterocycles. The summed E-state index contributed by atoms with van der Waals surface area (Å²) in [6.45, 7) is 16.0. The van der Waals surface area contributed by atoms with Gasteiger partial charge >= 0.3 is 0 Å². The summed E-state index contributed by atoms with van der Waals surface area (Å²) < 4.78 is 0. The number of amides is 3. The van der Waals surface area contributed by atoms with Gasteiger partial charge in [-0.2, -0.15) is 0 Å². The van der Waals surface area contributed by atoms with Gasteiger partial charge in [-0.05, 0) is 64.8 Å². The molecule has 0 radical (unpaired) electrons. The van der Waals surface area contributed by atoms with E-state index in [0.29, 0.717) is 31.5 Å². The second-order valence-electron chi connectivity index (χ2n) is 11.6. The topological polar surface area (TPSA) is 93.2 Å². The lowest BCUT2D eigenvalue weighted by Crippen LogP contribution is -2.58. The third-order valence-electron chi connectivity index (χ3n) is 7.73. The van der Waals surface area contributed by atoms with Crippen molar-refractivity contribution in [2.45, 2.75) is 111 Å². The van der Waals surface area contributed by atoms with Gasteiger partial charge in [0.15, 0.2) is 0 Å². The lowest BCUT2D eigenvalue weighted by Gasteiger charge is -2.39. The molecule has 0 bridgehead atoms. The predicted molar refractivity (Wildman–Crippen MR) is 143 cm³/mol. The number of carbonyl (C=O) groups is 3. The summed E-state index contributed by atoms with van der Waals surface area (Å²) in [5.74, 6) is -0.240. The van der Waals surface area contributed by atoms with Gasteiger partial charge in [0.1, 0.15) is 6.04 Å². The first kappa shape index (κ1) is 30.3. The van der Waals surface area contributed by atoms with E-state index in [1.54, 1.807) is 23.8 Å². The molecule has 2 aliphatic rings. The van der Waals surface area contributed by atoms with E-state index in [-0.39, 0.29) is 53.8 Å². The number of aliphatic hydroxyl groups excluding tert-OH is 1. The Morgan fingerprint density at radius 3 is 2.08 bits per heavy atom. The molecule has 2 saturated heterocycles. The van der Waals surface area contributed by atoms with Gasteiger partial charge in [0, 0.05) is 31.8 Å². The summed E-state index contributed by atoms with van der Waals surface area (Å²) in [6, 6.07) is -0.845. The number of likely N-dealkylation sites (N-methyl/N-ethyl adjacent to an activating group) is 1. The average molecular weight is 507 g/mol. The number of aliphatic hydroxyl groups is 1. The number of rotatable bonds is 9. The molecule has 36 heavy (non-hydrogen) atoms. The van der Waals surface area contributed by atoms with E-state index >= 15 is 0 Å². The van der Waals surface area contributed by atoms with E-state index in [2.05, 4.69) is 24.1 Å². The Labute approximate surface area is 218 Å². The van der Waals surface area contributed by atoms with Gasteiger partial charge in [-0.25, -0.2) is 0 Å². The van der Waals surface area contributed by atoms with Crippen LogP contribution in [0, 0.1) is 11.8 Å². The molecule has 0 aromatic carbocycles. The lowest BCUT2D eigenvalue weighted by atomic mass is 9.95. The van der Waals surface area contributed by atoms with Crippen molar-refractivity contribution in [1.82, 2.24) is 20.0 Å². The van der Waals surface area contributed by atoms with Crippen molar-refractivity contribution in [2.75, 3.05) is 26.7 Å². The van der Waals surface area contributed by atoms with Crippen LogP contribution in [0.4, 0.5) is 0 Å². The summed E-state index contributed by atoms with van der Waals surface area (Å²) in [4.78, 5) is 45.7. The fourth-order valence-corrected chi connectivity index (χ4v) is 5.38. The molecular weight excluding hydrogens is 456 g/mol. The van der Waals surface area contributed by atoms with Crippen molar-refractivity contribution in [1.29, 1.82) is 0 Å². The Kier molecular flexibility index (Phi) is 11.4. The molecule has 2 rings (SSSR count). The fraction of sp³-hybridized carbons (Fsp3) is 0.821. The Balaban J connectivity index is 2.16. The zero-order valence-electron chi connectivity index (χ0n) is 23.8. The van der Waals surface area contributed by atoms with Crippen LogP contribution in [0.15, 0.2) is 11.6 Å². The van der Waals surface area contributed by atoms with Crippen LogP contribution in [0.2, 0.25) is 0 Å². The van der Waals surface area contributed by atoms with Crippen molar-refractivity contribution >= 4 is 17.7 Å². The largest absolute Gasteiger partial charge is 0.393 e. The number of carbonyl (C=O) groups excluding carboxylic acids is 3. The number of nitrogens with one attached hydrogen (secondary N) is 1. The van der Waals surface area contributed by atoms with E-state index in [1.165, 1.54) is 0 Å². The molecule has 3 atom stereocenters. The Morgan fingerprint density at radius 2 is 1.56 bits per heavy atom. The third kappa shape index (κ3) is 7.78. The van der Waals surface area contributed by atoms with E-state index in [0.717, 1.165) is 25.8 Å². The molecule has 2 N–H and O–H groups in total. The fourth-order valence-electron chi connectivity index (χ4n) is 5.38. The molecule has 8 heteroatoms. The first-order valence-electron chi connectivity index (χ1n) is 13.8. The van der Waals surface area contributed by atoms with Gasteiger partial charge in [0.05, 0.1) is 18.2 Å². The maximum absolute atomic E-state index is 13.7. The average Bonchev–Trinajstić information content (AvgIpc) is 2.84. The van der Waals surface area contributed by atoms with Gasteiger partial charge < -0.3 is 20.2 Å². The minimum atomic E-state index is -0.632. The second kappa shape index (κ2) is 13.6. The number of piperidine rings is 2. The summed E-state index contributed by atoms with van der Waals surface area (Å²) in [6.07, 6.45) is 5.66. The summed E-state index contributed by atoms with van der Waals surface area (Å²) >= 11 is 0. The van der Waals surface area contributed by atoms with E-state index in [4.69, 9.17) is 0 Å². The maximum atomic E-state index is 13.7. The SMILES string of the molecule is CC(=C[C@H](C(C)C)N(C)C(=O)[C@@H](NC(=O)C1CCCCN1C(C)C)C(C)C)C(=O)N1CCC(O)CC1. The highest BCUT2D eigenvalue weighted by Gasteiger charge is 2.36. The molecule has 0 aliphatic carbocycles. The number of likely N-dealkylation sites (tertiary alicyclic amines) is 2. The minimum Gasteiger partial charge on any atom is -0.393 e. The number of hydrogen-bond acceptors (Lipinski definition) is 5. The highest BCUT2D eigenvalue weighted by Crippen LogP contribution is 2.22. The molecule has 0 aromatic rings. The second-order valence-corrected chi connectivity index (χ2v) is 11.6. The highest BCUT2D eigenvalue weighted by atomic mass is 16.3. The highest BCUT2D eigenvalue weighted by molar-refractivity contribution is 5.93. The predicted octanol–water partition coefficient (Wildman–Crippen LogP) is 2.80. The van der Waals surface area contributed by atoms with Gasteiger partial charge in [0.25, 0.3) is 0 Å². The lowest BCUT2D eigenvalue weighted by molar-refractivity contribution is -0.140. The first-order chi connectivity index (χ1) is 16.8. The summed E-state index contributed by atoms with van der Waals surface area (Å²) in [5, 5.41) is 12.8. The molecular formula is C28H50N4O4. The van der Waals surface area contributed by atoms with Crippen LogP contribution in [0.25, 0.3) is 0 Å². The normalized spacial score (nSPS) is 22.2. The Bertz CT molecular complexity index is 786. The quantitative estimate of drug-likeness (QED) is 0.469. The third-order valence-corrected chi connectivity index (χ3v) is 7.73. The van der Waals surface area contributed by atoms with Gasteiger partial charge in [-0.1, -0.05) is 40.2 Å². The summed E-state index contributed by atoms with van der Waals surface area (Å²) in [5.41, 5.74) is 0.602.